The number of amides is 1. The van der Waals surface area contributed by atoms with E-state index in [0.29, 0.717) is 13.0 Å². The van der Waals surface area contributed by atoms with Gasteiger partial charge in [-0.3, -0.25) is 4.79 Å². The SMILES string of the molecule is C=CCOC(=O)[C@@H]1CCCN1C(=O)[C@@H](N)C(C)(C)C.O=C(O)C(F)(F)F. The highest BCUT2D eigenvalue weighted by molar-refractivity contribution is 5.88. The Morgan fingerprint density at radius 3 is 2.23 bits per heavy atom. The smallest absolute Gasteiger partial charge is 0.475 e. The van der Waals surface area contributed by atoms with Crippen LogP contribution < -0.4 is 5.73 Å². The van der Waals surface area contributed by atoms with E-state index in [4.69, 9.17) is 20.4 Å². The van der Waals surface area contributed by atoms with Crippen molar-refractivity contribution < 1.29 is 37.4 Å². The number of carbonyl (C=O) groups excluding carboxylic acids is 2. The summed E-state index contributed by atoms with van der Waals surface area (Å²) in [6, 6.07) is -1.11. The fourth-order valence-corrected chi connectivity index (χ4v) is 2.06. The van der Waals surface area contributed by atoms with E-state index in [0.717, 1.165) is 6.42 Å². The Hall–Kier alpha value is -2.10. The van der Waals surface area contributed by atoms with E-state index in [9.17, 15) is 22.8 Å². The van der Waals surface area contributed by atoms with Gasteiger partial charge in [0.2, 0.25) is 5.91 Å². The quantitative estimate of drug-likeness (QED) is 0.566. The fraction of sp³-hybridized carbons (Fsp3) is 0.688. The lowest BCUT2D eigenvalue weighted by Crippen LogP contribution is -2.53. The number of rotatable bonds is 4. The Labute approximate surface area is 150 Å². The highest BCUT2D eigenvalue weighted by Gasteiger charge is 2.40. The molecule has 1 rings (SSSR count). The highest BCUT2D eigenvalue weighted by atomic mass is 19.4. The third kappa shape index (κ3) is 7.42. The molecule has 0 saturated carbocycles. The van der Waals surface area contributed by atoms with Gasteiger partial charge in [-0.2, -0.15) is 13.2 Å². The van der Waals surface area contributed by atoms with Crippen LogP contribution in [-0.4, -0.2) is 59.3 Å². The largest absolute Gasteiger partial charge is 0.490 e. The van der Waals surface area contributed by atoms with Crippen molar-refractivity contribution in [3.63, 3.8) is 0 Å². The third-order valence-electron chi connectivity index (χ3n) is 3.59. The van der Waals surface area contributed by atoms with Crippen LogP contribution in [0.15, 0.2) is 12.7 Å². The minimum Gasteiger partial charge on any atom is -0.475 e. The molecule has 0 aromatic heterocycles. The Morgan fingerprint density at radius 2 is 1.85 bits per heavy atom. The molecule has 26 heavy (non-hydrogen) atoms. The number of carbonyl (C=O) groups is 3. The third-order valence-corrected chi connectivity index (χ3v) is 3.59. The normalized spacial score (nSPS) is 18.4. The molecule has 0 unspecified atom stereocenters. The number of esters is 1. The number of nitrogens with two attached hydrogens (primary N) is 1. The number of carboxylic acid groups (broad SMARTS) is 1. The van der Waals surface area contributed by atoms with Gasteiger partial charge >= 0.3 is 18.1 Å². The van der Waals surface area contributed by atoms with Crippen LogP contribution in [0.2, 0.25) is 0 Å². The first kappa shape index (κ1) is 23.9. The lowest BCUT2D eigenvalue weighted by Gasteiger charge is -2.32. The van der Waals surface area contributed by atoms with Gasteiger partial charge in [-0.15, -0.1) is 0 Å². The first-order valence-electron chi connectivity index (χ1n) is 7.87. The first-order chi connectivity index (χ1) is 11.7. The highest BCUT2D eigenvalue weighted by Crippen LogP contribution is 2.24. The topological polar surface area (TPSA) is 110 Å². The van der Waals surface area contributed by atoms with E-state index in [2.05, 4.69) is 6.58 Å². The molecule has 1 aliphatic heterocycles. The minimum atomic E-state index is -5.08. The molecular formula is C16H25F3N2O5. The first-order valence-corrected chi connectivity index (χ1v) is 7.87. The van der Waals surface area contributed by atoms with Gasteiger partial charge in [0.25, 0.3) is 0 Å². The van der Waals surface area contributed by atoms with Crippen molar-refractivity contribution in [2.45, 2.75) is 51.9 Å². The van der Waals surface area contributed by atoms with Gasteiger partial charge in [0.05, 0.1) is 6.04 Å². The number of hydrogen-bond acceptors (Lipinski definition) is 5. The molecule has 1 aliphatic rings. The van der Waals surface area contributed by atoms with Gasteiger partial charge in [0.15, 0.2) is 0 Å². The van der Waals surface area contributed by atoms with Gasteiger partial charge in [-0.1, -0.05) is 33.4 Å². The number of hydrogen-bond donors (Lipinski definition) is 2. The molecule has 0 spiro atoms. The Morgan fingerprint density at radius 1 is 1.35 bits per heavy atom. The average molecular weight is 382 g/mol. The van der Waals surface area contributed by atoms with Gasteiger partial charge in [0.1, 0.15) is 12.6 Å². The molecule has 0 aromatic carbocycles. The summed E-state index contributed by atoms with van der Waals surface area (Å²) in [6.45, 7) is 9.97. The predicted molar refractivity (Wildman–Crippen MR) is 87.0 cm³/mol. The number of halogens is 3. The lowest BCUT2D eigenvalue weighted by atomic mass is 9.86. The summed E-state index contributed by atoms with van der Waals surface area (Å²) < 4.78 is 36.8. The van der Waals surface area contributed by atoms with Crippen LogP contribution in [0.4, 0.5) is 13.2 Å². The molecular weight excluding hydrogens is 357 g/mol. The van der Waals surface area contributed by atoms with Crippen LogP contribution in [0.3, 0.4) is 0 Å². The zero-order valence-corrected chi connectivity index (χ0v) is 15.0. The predicted octanol–water partition coefficient (Wildman–Crippen LogP) is 1.71. The fourth-order valence-electron chi connectivity index (χ4n) is 2.06. The van der Waals surface area contributed by atoms with E-state index in [1.165, 1.54) is 6.08 Å². The Balaban J connectivity index is 0.000000758. The van der Waals surface area contributed by atoms with Crippen molar-refractivity contribution in [1.82, 2.24) is 4.90 Å². The molecule has 2 atom stereocenters. The molecule has 3 N–H and O–H groups in total. The zero-order valence-electron chi connectivity index (χ0n) is 15.0. The van der Waals surface area contributed by atoms with Gasteiger partial charge in [-0.25, -0.2) is 9.59 Å². The van der Waals surface area contributed by atoms with Crippen molar-refractivity contribution in [3.8, 4) is 0 Å². The summed E-state index contributed by atoms with van der Waals surface area (Å²) in [5.41, 5.74) is 5.65. The number of aliphatic carboxylic acids is 1. The summed E-state index contributed by atoms with van der Waals surface area (Å²) in [7, 11) is 0. The van der Waals surface area contributed by atoms with Crippen molar-refractivity contribution in [1.29, 1.82) is 0 Å². The number of carboxylic acids is 1. The van der Waals surface area contributed by atoms with Gasteiger partial charge in [-0.05, 0) is 18.3 Å². The molecule has 0 aliphatic carbocycles. The van der Waals surface area contributed by atoms with Crippen LogP contribution in [0, 0.1) is 5.41 Å². The summed E-state index contributed by atoms with van der Waals surface area (Å²) in [5.74, 6) is -3.30. The summed E-state index contributed by atoms with van der Waals surface area (Å²) in [5, 5.41) is 7.12. The maximum absolute atomic E-state index is 12.4. The molecule has 7 nitrogen and oxygen atoms in total. The Kier molecular flexibility index (Phi) is 8.79. The van der Waals surface area contributed by atoms with E-state index < -0.39 is 24.2 Å². The Bertz CT molecular complexity index is 529. The summed E-state index contributed by atoms with van der Waals surface area (Å²) >= 11 is 0. The van der Waals surface area contributed by atoms with Crippen LogP contribution in [0.25, 0.3) is 0 Å². The second-order valence-corrected chi connectivity index (χ2v) is 6.75. The molecule has 1 saturated heterocycles. The van der Waals surface area contributed by atoms with E-state index in [-0.39, 0.29) is 23.9 Å². The molecule has 0 radical (unpaired) electrons. The number of nitrogens with zero attached hydrogens (tertiary/aromatic N) is 1. The van der Waals surface area contributed by atoms with Crippen molar-refractivity contribution >= 4 is 17.8 Å². The van der Waals surface area contributed by atoms with Gasteiger partial charge < -0.3 is 20.5 Å². The number of alkyl halides is 3. The van der Waals surface area contributed by atoms with Crippen molar-refractivity contribution in [2.24, 2.45) is 11.1 Å². The number of ether oxygens (including phenoxy) is 1. The zero-order chi connectivity index (χ0) is 20.7. The molecule has 0 bridgehead atoms. The summed E-state index contributed by atoms with van der Waals surface area (Å²) in [6.07, 6.45) is -2.13. The van der Waals surface area contributed by atoms with Gasteiger partial charge in [0, 0.05) is 6.54 Å². The molecule has 0 aromatic rings. The van der Waals surface area contributed by atoms with E-state index in [1.54, 1.807) is 4.90 Å². The van der Waals surface area contributed by atoms with Crippen molar-refractivity contribution in [3.05, 3.63) is 12.7 Å². The minimum absolute atomic E-state index is 0.169. The van der Waals surface area contributed by atoms with E-state index >= 15 is 0 Å². The van der Waals surface area contributed by atoms with Crippen LogP contribution in [-0.2, 0) is 19.1 Å². The molecule has 10 heteroatoms. The maximum Gasteiger partial charge on any atom is 0.490 e. The average Bonchev–Trinajstić information content (AvgIpc) is 2.99. The second kappa shape index (κ2) is 9.56. The van der Waals surface area contributed by atoms with Crippen LogP contribution in [0.5, 0.6) is 0 Å². The molecule has 1 heterocycles. The number of likely N-dealkylation sites (tertiary alicyclic amines) is 1. The second-order valence-electron chi connectivity index (χ2n) is 6.75. The van der Waals surface area contributed by atoms with Crippen molar-refractivity contribution in [2.75, 3.05) is 13.2 Å². The lowest BCUT2D eigenvalue weighted by molar-refractivity contribution is -0.192. The van der Waals surface area contributed by atoms with Crippen LogP contribution in [0.1, 0.15) is 33.6 Å². The maximum atomic E-state index is 12.4. The summed E-state index contributed by atoms with van der Waals surface area (Å²) in [4.78, 5) is 34.7. The molecule has 150 valence electrons. The molecule has 1 amide bonds. The monoisotopic (exact) mass is 382 g/mol. The van der Waals surface area contributed by atoms with Crippen LogP contribution >= 0.6 is 0 Å². The standard InChI is InChI=1S/C14H24N2O3.C2HF3O2/c1-5-9-19-13(18)10-7-6-8-16(10)12(17)11(15)14(2,3)4;3-2(4,5)1(6)7/h5,10-11H,1,6-9,15H2,2-4H3;(H,6,7)/t10-,11+;/m0./s1. The molecule has 1 fully saturated rings. The van der Waals surface area contributed by atoms with E-state index in [1.807, 2.05) is 20.8 Å².